The molecular formula is C14H18N2O4S. The van der Waals surface area contributed by atoms with Crippen LogP contribution in [0.5, 0.6) is 0 Å². The van der Waals surface area contributed by atoms with Crippen LogP contribution in [-0.2, 0) is 32.1 Å². The van der Waals surface area contributed by atoms with Gasteiger partial charge in [-0.3, -0.25) is 9.59 Å². The fourth-order valence-corrected chi connectivity index (χ4v) is 3.56. The van der Waals surface area contributed by atoms with E-state index in [2.05, 4.69) is 10.3 Å². The van der Waals surface area contributed by atoms with Crippen LogP contribution in [0.25, 0.3) is 0 Å². The molecule has 2 atom stereocenters. The topological polar surface area (TPSA) is 77.5 Å². The number of amides is 1. The van der Waals surface area contributed by atoms with E-state index in [0.717, 1.165) is 22.0 Å². The number of nitrogens with zero attached hydrogens (tertiary/aromatic N) is 1. The summed E-state index contributed by atoms with van der Waals surface area (Å²) in [6, 6.07) is 0. The molecule has 2 unspecified atom stereocenters. The van der Waals surface area contributed by atoms with Crippen molar-refractivity contribution in [2.24, 2.45) is 5.92 Å². The predicted molar refractivity (Wildman–Crippen MR) is 75.7 cm³/mol. The molecule has 6 nitrogen and oxygen atoms in total. The molecule has 0 aliphatic carbocycles. The first-order valence-electron chi connectivity index (χ1n) is 7.17. The van der Waals surface area contributed by atoms with Gasteiger partial charge in [0.2, 0.25) is 5.91 Å². The minimum Gasteiger partial charge on any atom is -0.455 e. The van der Waals surface area contributed by atoms with E-state index in [-0.39, 0.29) is 30.3 Å². The summed E-state index contributed by atoms with van der Waals surface area (Å²) >= 11 is 1.54. The highest BCUT2D eigenvalue weighted by Crippen LogP contribution is 2.30. The second kappa shape index (κ2) is 6.11. The van der Waals surface area contributed by atoms with Gasteiger partial charge in [-0.15, -0.1) is 11.3 Å². The molecular weight excluding hydrogens is 292 g/mol. The van der Waals surface area contributed by atoms with E-state index in [1.54, 1.807) is 11.3 Å². The van der Waals surface area contributed by atoms with Crippen LogP contribution >= 0.6 is 11.3 Å². The molecule has 21 heavy (non-hydrogen) atoms. The van der Waals surface area contributed by atoms with E-state index in [1.165, 1.54) is 0 Å². The number of thiazole rings is 1. The Kier molecular flexibility index (Phi) is 4.21. The van der Waals surface area contributed by atoms with Gasteiger partial charge in [0.1, 0.15) is 5.01 Å². The lowest BCUT2D eigenvalue weighted by Crippen LogP contribution is -2.37. The van der Waals surface area contributed by atoms with E-state index in [4.69, 9.17) is 9.47 Å². The zero-order valence-corrected chi connectivity index (χ0v) is 12.7. The molecule has 0 radical (unpaired) electrons. The van der Waals surface area contributed by atoms with Gasteiger partial charge in [-0.2, -0.15) is 0 Å². The Morgan fingerprint density at radius 1 is 1.57 bits per heavy atom. The van der Waals surface area contributed by atoms with E-state index < -0.39 is 0 Å². The van der Waals surface area contributed by atoms with Gasteiger partial charge in [0, 0.05) is 19.4 Å². The minimum atomic E-state index is -0.377. The maximum absolute atomic E-state index is 12.1. The summed E-state index contributed by atoms with van der Waals surface area (Å²) < 4.78 is 10.9. The third kappa shape index (κ3) is 3.24. The summed E-state index contributed by atoms with van der Waals surface area (Å²) in [6.07, 6.45) is 1.29. The molecule has 0 bridgehead atoms. The van der Waals surface area contributed by atoms with Crippen LogP contribution in [0.1, 0.15) is 41.4 Å². The summed E-state index contributed by atoms with van der Waals surface area (Å²) in [5.74, 6) is -0.724. The van der Waals surface area contributed by atoms with Gasteiger partial charge in [0.05, 0.1) is 29.7 Å². The van der Waals surface area contributed by atoms with E-state index >= 15 is 0 Å². The molecule has 3 rings (SSSR count). The van der Waals surface area contributed by atoms with Crippen LogP contribution < -0.4 is 5.32 Å². The summed E-state index contributed by atoms with van der Waals surface area (Å²) in [5, 5.41) is 3.52. The Balaban J connectivity index is 1.62. The molecule has 1 fully saturated rings. The summed E-state index contributed by atoms with van der Waals surface area (Å²) in [6.45, 7) is 3.65. The second-order valence-corrected chi connectivity index (χ2v) is 6.46. The Labute approximate surface area is 126 Å². The molecule has 1 aromatic heterocycles. The van der Waals surface area contributed by atoms with Crippen LogP contribution in [0.2, 0.25) is 0 Å². The molecule has 7 heteroatoms. The van der Waals surface area contributed by atoms with Gasteiger partial charge >= 0.3 is 5.97 Å². The van der Waals surface area contributed by atoms with Crippen molar-refractivity contribution in [1.82, 2.24) is 10.3 Å². The van der Waals surface area contributed by atoms with E-state index in [9.17, 15) is 9.59 Å². The monoisotopic (exact) mass is 310 g/mol. The minimum absolute atomic E-state index is 0.0854. The Hall–Kier alpha value is -1.47. The number of fused-ring (bicyclic) bond motifs is 1. The zero-order valence-electron chi connectivity index (χ0n) is 11.9. The highest BCUT2D eigenvalue weighted by Gasteiger charge is 2.29. The highest BCUT2D eigenvalue weighted by molar-refractivity contribution is 7.11. The summed E-state index contributed by atoms with van der Waals surface area (Å²) in [4.78, 5) is 29.1. The number of esters is 1. The maximum atomic E-state index is 12.1. The SMILES string of the molecule is CC(OC(=O)C1CCNC(=O)C1)c1nc2c(s1)COCC2. The van der Waals surface area contributed by atoms with Crippen molar-refractivity contribution in [3.63, 3.8) is 0 Å². The van der Waals surface area contributed by atoms with E-state index in [1.807, 2.05) is 6.92 Å². The molecule has 0 aromatic carbocycles. The number of hydrogen-bond acceptors (Lipinski definition) is 6. The highest BCUT2D eigenvalue weighted by atomic mass is 32.1. The number of ether oxygens (including phenoxy) is 2. The Morgan fingerprint density at radius 3 is 3.19 bits per heavy atom. The van der Waals surface area contributed by atoms with Gasteiger partial charge in [-0.25, -0.2) is 4.98 Å². The van der Waals surface area contributed by atoms with Crippen molar-refractivity contribution in [3.8, 4) is 0 Å². The molecule has 1 aromatic rings. The van der Waals surface area contributed by atoms with Crippen LogP contribution in [0.4, 0.5) is 0 Å². The average molecular weight is 310 g/mol. The molecule has 114 valence electrons. The lowest BCUT2D eigenvalue weighted by molar-refractivity contribution is -0.156. The molecule has 1 N–H and O–H groups in total. The van der Waals surface area contributed by atoms with Crippen molar-refractivity contribution in [1.29, 1.82) is 0 Å². The standard InChI is InChI=1S/C14H18N2O4S/c1-8(13-16-10-3-5-19-7-11(10)21-13)20-14(18)9-2-4-15-12(17)6-9/h8-9H,2-7H2,1H3,(H,15,17). The molecule has 1 amide bonds. The quantitative estimate of drug-likeness (QED) is 0.853. The van der Waals surface area contributed by atoms with Gasteiger partial charge in [0.15, 0.2) is 6.10 Å². The first-order valence-corrected chi connectivity index (χ1v) is 7.98. The second-order valence-electron chi connectivity index (χ2n) is 5.34. The maximum Gasteiger partial charge on any atom is 0.310 e. The summed E-state index contributed by atoms with van der Waals surface area (Å²) in [5.41, 5.74) is 1.06. The van der Waals surface area contributed by atoms with Crippen molar-refractivity contribution < 1.29 is 19.1 Å². The van der Waals surface area contributed by atoms with Crippen LogP contribution in [0.15, 0.2) is 0 Å². The van der Waals surface area contributed by atoms with Gasteiger partial charge in [0.25, 0.3) is 0 Å². The normalized spacial score (nSPS) is 23.1. The number of piperidine rings is 1. The van der Waals surface area contributed by atoms with Crippen molar-refractivity contribution in [2.75, 3.05) is 13.2 Å². The number of aromatic nitrogens is 1. The Bertz CT molecular complexity index is 534. The van der Waals surface area contributed by atoms with Gasteiger partial charge in [-0.1, -0.05) is 0 Å². The first-order chi connectivity index (χ1) is 10.1. The summed E-state index contributed by atoms with van der Waals surface area (Å²) in [7, 11) is 0. The average Bonchev–Trinajstić information content (AvgIpc) is 2.91. The molecule has 2 aliphatic rings. The lowest BCUT2D eigenvalue weighted by Gasteiger charge is -2.22. The van der Waals surface area contributed by atoms with Crippen LogP contribution in [0.3, 0.4) is 0 Å². The lowest BCUT2D eigenvalue weighted by atomic mass is 9.98. The smallest absolute Gasteiger partial charge is 0.310 e. The third-order valence-electron chi connectivity index (χ3n) is 3.73. The third-order valence-corrected chi connectivity index (χ3v) is 4.96. The van der Waals surface area contributed by atoms with Crippen molar-refractivity contribution in [3.05, 3.63) is 15.6 Å². The van der Waals surface area contributed by atoms with Gasteiger partial charge in [-0.05, 0) is 13.3 Å². The van der Waals surface area contributed by atoms with Crippen molar-refractivity contribution in [2.45, 2.75) is 38.9 Å². The molecule has 0 saturated carbocycles. The first kappa shape index (κ1) is 14.5. The fraction of sp³-hybridized carbons (Fsp3) is 0.643. The number of carbonyl (C=O) groups is 2. The van der Waals surface area contributed by atoms with Crippen molar-refractivity contribution >= 4 is 23.2 Å². The predicted octanol–water partition coefficient (Wildman–Crippen LogP) is 1.35. The molecule has 3 heterocycles. The molecule has 1 saturated heterocycles. The Morgan fingerprint density at radius 2 is 2.43 bits per heavy atom. The van der Waals surface area contributed by atoms with Crippen LogP contribution in [0, 0.1) is 5.92 Å². The number of rotatable bonds is 3. The number of carbonyl (C=O) groups excluding carboxylic acids is 2. The molecule has 0 spiro atoms. The van der Waals surface area contributed by atoms with Crippen LogP contribution in [-0.4, -0.2) is 30.0 Å². The number of nitrogens with one attached hydrogen (secondary N) is 1. The van der Waals surface area contributed by atoms with E-state index in [0.29, 0.717) is 26.2 Å². The molecule has 2 aliphatic heterocycles. The zero-order chi connectivity index (χ0) is 14.8. The fourth-order valence-electron chi connectivity index (χ4n) is 2.52. The number of hydrogen-bond donors (Lipinski definition) is 1. The largest absolute Gasteiger partial charge is 0.455 e. The van der Waals surface area contributed by atoms with Gasteiger partial charge < -0.3 is 14.8 Å².